The Morgan fingerprint density at radius 2 is 2.00 bits per heavy atom. The van der Waals surface area contributed by atoms with Crippen molar-refractivity contribution >= 4 is 33.5 Å². The number of hydrogen-bond donors (Lipinski definition) is 1. The van der Waals surface area contributed by atoms with Crippen LogP contribution in [0.4, 0.5) is 5.69 Å². The number of carbonyl (C=O) groups is 2. The summed E-state index contributed by atoms with van der Waals surface area (Å²) in [5.74, 6) is -1.48. The van der Waals surface area contributed by atoms with Crippen molar-refractivity contribution in [1.82, 2.24) is 0 Å². The highest BCUT2D eigenvalue weighted by Gasteiger charge is 2.33. The Morgan fingerprint density at radius 3 is 2.67 bits per heavy atom. The van der Waals surface area contributed by atoms with Gasteiger partial charge in [-0.3, -0.25) is 9.59 Å². The Bertz CT molecular complexity index is 709. The molecule has 1 aliphatic rings. The van der Waals surface area contributed by atoms with Crippen LogP contribution < -0.4 is 4.90 Å². The van der Waals surface area contributed by atoms with E-state index in [0.29, 0.717) is 28.9 Å². The molecule has 1 aromatic heterocycles. The summed E-state index contributed by atoms with van der Waals surface area (Å²) in [6, 6.07) is 10.3. The second kappa shape index (κ2) is 5.37. The van der Waals surface area contributed by atoms with Crippen LogP contribution in [0, 0.1) is 0 Å². The molecule has 0 bridgehead atoms. The average Bonchev–Trinajstić information content (AvgIpc) is 2.91. The molecular weight excluding hydrogens is 338 g/mol. The van der Waals surface area contributed by atoms with Crippen LogP contribution in [0.1, 0.15) is 28.5 Å². The predicted octanol–water partition coefficient (Wildman–Crippen LogP) is 3.26. The van der Waals surface area contributed by atoms with E-state index < -0.39 is 11.9 Å². The number of carbonyl (C=O) groups excluding carboxylic acids is 1. The molecule has 0 aliphatic carbocycles. The smallest absolute Gasteiger partial charge is 0.311 e. The number of fused-ring (bicyclic) bond motifs is 1. The van der Waals surface area contributed by atoms with Gasteiger partial charge in [0.1, 0.15) is 0 Å². The number of rotatable bonds is 2. The molecule has 0 saturated carbocycles. The molecule has 1 N–H and O–H groups in total. The molecule has 1 unspecified atom stereocenters. The molecule has 0 spiro atoms. The zero-order chi connectivity index (χ0) is 15.0. The normalized spacial score (nSPS) is 17.4. The maximum Gasteiger partial charge on any atom is 0.311 e. The van der Waals surface area contributed by atoms with Crippen LogP contribution >= 0.6 is 15.9 Å². The Kier molecular flexibility index (Phi) is 3.55. The number of para-hydroxylation sites is 1. The molecule has 1 amide bonds. The van der Waals surface area contributed by atoms with Gasteiger partial charge >= 0.3 is 5.97 Å². The van der Waals surface area contributed by atoms with Gasteiger partial charge in [0.05, 0.1) is 5.92 Å². The molecular formula is C15H12BrNO4. The zero-order valence-corrected chi connectivity index (χ0v) is 12.5. The van der Waals surface area contributed by atoms with Crippen LogP contribution in [0.3, 0.4) is 0 Å². The van der Waals surface area contributed by atoms with E-state index in [1.54, 1.807) is 41.3 Å². The lowest BCUT2D eigenvalue weighted by Crippen LogP contribution is -2.38. The van der Waals surface area contributed by atoms with E-state index in [1.165, 1.54) is 0 Å². The number of carboxylic acid groups (broad SMARTS) is 1. The molecule has 2 heterocycles. The van der Waals surface area contributed by atoms with Gasteiger partial charge in [-0.2, -0.15) is 0 Å². The van der Waals surface area contributed by atoms with Crippen molar-refractivity contribution in [2.24, 2.45) is 0 Å². The first kappa shape index (κ1) is 13.9. The lowest BCUT2D eigenvalue weighted by Gasteiger charge is -2.32. The van der Waals surface area contributed by atoms with Crippen LogP contribution in [0.15, 0.2) is 45.5 Å². The number of amides is 1. The summed E-state index contributed by atoms with van der Waals surface area (Å²) in [7, 11) is 0. The second-order valence-electron chi connectivity index (χ2n) is 4.80. The van der Waals surface area contributed by atoms with Gasteiger partial charge in [0.2, 0.25) is 0 Å². The Balaban J connectivity index is 2.00. The molecule has 0 saturated heterocycles. The van der Waals surface area contributed by atoms with Crippen LogP contribution in [0.25, 0.3) is 0 Å². The van der Waals surface area contributed by atoms with E-state index in [2.05, 4.69) is 15.9 Å². The number of hydrogen-bond acceptors (Lipinski definition) is 3. The van der Waals surface area contributed by atoms with Crippen LogP contribution in [0.2, 0.25) is 0 Å². The highest BCUT2D eigenvalue weighted by atomic mass is 79.9. The fourth-order valence-electron chi connectivity index (χ4n) is 2.59. The van der Waals surface area contributed by atoms with Crippen molar-refractivity contribution in [3.05, 3.63) is 52.4 Å². The number of carboxylic acids is 1. The van der Waals surface area contributed by atoms with Gasteiger partial charge < -0.3 is 14.4 Å². The van der Waals surface area contributed by atoms with Crippen molar-refractivity contribution in [2.45, 2.75) is 12.3 Å². The maximum atomic E-state index is 12.5. The minimum Gasteiger partial charge on any atom is -0.481 e. The Labute approximate surface area is 129 Å². The largest absolute Gasteiger partial charge is 0.481 e. The summed E-state index contributed by atoms with van der Waals surface area (Å²) in [6.07, 6.45) is 0.389. The SMILES string of the molecule is O=C(O)C1CCN(C(=O)c2ccc(Br)o2)c2ccccc21. The third-order valence-electron chi connectivity index (χ3n) is 3.57. The van der Waals surface area contributed by atoms with Crippen molar-refractivity contribution in [3.63, 3.8) is 0 Å². The van der Waals surface area contributed by atoms with Crippen LogP contribution in [0.5, 0.6) is 0 Å². The zero-order valence-electron chi connectivity index (χ0n) is 11.0. The molecule has 1 aliphatic heterocycles. The van der Waals surface area contributed by atoms with Gasteiger partial charge in [-0.1, -0.05) is 18.2 Å². The summed E-state index contributed by atoms with van der Waals surface area (Å²) in [5, 5.41) is 9.30. The molecule has 3 rings (SSSR count). The highest BCUT2D eigenvalue weighted by Crippen LogP contribution is 2.36. The molecule has 0 radical (unpaired) electrons. The molecule has 0 fully saturated rings. The van der Waals surface area contributed by atoms with Gasteiger partial charge in [-0.25, -0.2) is 0 Å². The van der Waals surface area contributed by atoms with Gasteiger partial charge in [0.25, 0.3) is 5.91 Å². The van der Waals surface area contributed by atoms with E-state index in [1.807, 2.05) is 0 Å². The van der Waals surface area contributed by atoms with E-state index in [-0.39, 0.29) is 11.7 Å². The third-order valence-corrected chi connectivity index (χ3v) is 4.00. The first-order valence-electron chi connectivity index (χ1n) is 6.47. The first-order chi connectivity index (χ1) is 10.1. The number of nitrogens with zero attached hydrogens (tertiary/aromatic N) is 1. The van der Waals surface area contributed by atoms with Gasteiger partial charge in [-0.15, -0.1) is 0 Å². The molecule has 2 aromatic rings. The fraction of sp³-hybridized carbons (Fsp3) is 0.200. The van der Waals surface area contributed by atoms with E-state index in [0.717, 1.165) is 0 Å². The quantitative estimate of drug-likeness (QED) is 0.903. The average molecular weight is 350 g/mol. The predicted molar refractivity (Wildman–Crippen MR) is 79.5 cm³/mol. The number of furan rings is 1. The summed E-state index contributed by atoms with van der Waals surface area (Å²) >= 11 is 3.17. The molecule has 108 valence electrons. The maximum absolute atomic E-state index is 12.5. The summed E-state index contributed by atoms with van der Waals surface area (Å²) in [5.41, 5.74) is 1.30. The topological polar surface area (TPSA) is 70.8 Å². The lowest BCUT2D eigenvalue weighted by atomic mass is 9.90. The molecule has 6 heteroatoms. The Hall–Kier alpha value is -2.08. The van der Waals surface area contributed by atoms with E-state index >= 15 is 0 Å². The van der Waals surface area contributed by atoms with Crippen LogP contribution in [-0.2, 0) is 4.79 Å². The van der Waals surface area contributed by atoms with Crippen molar-refractivity contribution < 1.29 is 19.1 Å². The van der Waals surface area contributed by atoms with E-state index in [9.17, 15) is 14.7 Å². The minimum atomic E-state index is -0.865. The third kappa shape index (κ3) is 2.47. The Morgan fingerprint density at radius 1 is 1.24 bits per heavy atom. The molecule has 21 heavy (non-hydrogen) atoms. The lowest BCUT2D eigenvalue weighted by molar-refractivity contribution is -0.139. The van der Waals surface area contributed by atoms with Crippen molar-refractivity contribution in [1.29, 1.82) is 0 Å². The minimum absolute atomic E-state index is 0.227. The number of benzene rings is 1. The monoisotopic (exact) mass is 349 g/mol. The number of halogens is 1. The molecule has 1 atom stereocenters. The standard InChI is InChI=1S/C15H12BrNO4/c16-13-6-5-12(21-13)14(18)17-8-7-10(15(19)20)9-3-1-2-4-11(9)17/h1-6,10H,7-8H2,(H,19,20). The van der Waals surface area contributed by atoms with Crippen molar-refractivity contribution in [3.8, 4) is 0 Å². The summed E-state index contributed by atoms with van der Waals surface area (Å²) in [6.45, 7) is 0.352. The van der Waals surface area contributed by atoms with Crippen molar-refractivity contribution in [2.75, 3.05) is 11.4 Å². The number of aliphatic carboxylic acids is 1. The molecule has 1 aromatic carbocycles. The second-order valence-corrected chi connectivity index (χ2v) is 5.58. The van der Waals surface area contributed by atoms with Gasteiger partial charge in [-0.05, 0) is 46.1 Å². The summed E-state index contributed by atoms with van der Waals surface area (Å²) < 4.78 is 5.78. The van der Waals surface area contributed by atoms with E-state index in [4.69, 9.17) is 4.42 Å². The summed E-state index contributed by atoms with van der Waals surface area (Å²) in [4.78, 5) is 25.4. The van der Waals surface area contributed by atoms with Crippen LogP contribution in [-0.4, -0.2) is 23.5 Å². The molecule has 5 nitrogen and oxygen atoms in total. The van der Waals surface area contributed by atoms with Gasteiger partial charge in [0.15, 0.2) is 10.4 Å². The fourth-order valence-corrected chi connectivity index (χ4v) is 2.90. The first-order valence-corrected chi connectivity index (χ1v) is 7.26. The number of anilines is 1. The highest BCUT2D eigenvalue weighted by molar-refractivity contribution is 9.10. The van der Waals surface area contributed by atoms with Gasteiger partial charge in [0, 0.05) is 12.2 Å².